The molecule has 7 heavy (non-hydrogen) atoms. The zero-order chi connectivity index (χ0) is 5.70. The Kier molecular flexibility index (Phi) is 5.80. The first-order valence-electron chi connectivity index (χ1n) is 2.39. The monoisotopic (exact) mass is 227 g/mol. The van der Waals surface area contributed by atoms with Gasteiger partial charge in [0, 0.05) is 10.2 Å². The van der Waals surface area contributed by atoms with Crippen molar-refractivity contribution in [2.45, 2.75) is 24.6 Å². The minimum Gasteiger partial charge on any atom is -0.0878 e. The highest BCUT2D eigenvalue weighted by molar-refractivity contribution is 9.13. The fraction of sp³-hybridized carbons (Fsp3) is 0.800. The molecule has 0 amide bonds. The van der Waals surface area contributed by atoms with Crippen LogP contribution in [-0.4, -0.2) is 4.83 Å². The van der Waals surface area contributed by atoms with E-state index in [0.29, 0.717) is 4.83 Å². The van der Waals surface area contributed by atoms with Crippen LogP contribution < -0.4 is 0 Å². The lowest BCUT2D eigenvalue weighted by Crippen LogP contribution is -1.90. The summed E-state index contributed by atoms with van der Waals surface area (Å²) < 4.78 is 0. The van der Waals surface area contributed by atoms with Crippen molar-refractivity contribution in [2.24, 2.45) is 0 Å². The Hall–Kier alpha value is 0.960. The topological polar surface area (TPSA) is 0 Å². The number of hydrogen-bond acceptors (Lipinski definition) is 0. The van der Waals surface area contributed by atoms with Crippen LogP contribution in [0.4, 0.5) is 0 Å². The van der Waals surface area contributed by atoms with Crippen molar-refractivity contribution in [3.05, 3.63) is 5.33 Å². The molecule has 43 valence electrons. The van der Waals surface area contributed by atoms with Crippen LogP contribution >= 0.6 is 31.9 Å². The van der Waals surface area contributed by atoms with Gasteiger partial charge in [0.1, 0.15) is 0 Å². The van der Waals surface area contributed by atoms with E-state index in [1.54, 1.807) is 0 Å². The van der Waals surface area contributed by atoms with E-state index in [1.807, 2.05) is 5.33 Å². The van der Waals surface area contributed by atoms with E-state index >= 15 is 0 Å². The Morgan fingerprint density at radius 3 is 2.43 bits per heavy atom. The SMILES string of the molecule is CCCC(Br)[CH]Br. The summed E-state index contributed by atoms with van der Waals surface area (Å²) in [5.41, 5.74) is 0. The fourth-order valence-electron chi connectivity index (χ4n) is 0.339. The molecule has 0 fully saturated rings. The van der Waals surface area contributed by atoms with Crippen molar-refractivity contribution >= 4 is 31.9 Å². The lowest BCUT2D eigenvalue weighted by atomic mass is 10.3. The van der Waals surface area contributed by atoms with Crippen LogP contribution in [0.15, 0.2) is 0 Å². The molecule has 0 N–H and O–H groups in total. The Morgan fingerprint density at radius 2 is 2.29 bits per heavy atom. The largest absolute Gasteiger partial charge is 0.0878 e. The van der Waals surface area contributed by atoms with Crippen molar-refractivity contribution in [1.82, 2.24) is 0 Å². The third kappa shape index (κ3) is 4.82. The summed E-state index contributed by atoms with van der Waals surface area (Å²) in [5, 5.41) is 1.98. The molecule has 0 saturated heterocycles. The van der Waals surface area contributed by atoms with E-state index in [0.717, 1.165) is 0 Å². The van der Waals surface area contributed by atoms with Gasteiger partial charge in [-0.15, -0.1) is 0 Å². The van der Waals surface area contributed by atoms with Gasteiger partial charge in [0.25, 0.3) is 0 Å². The Labute approximate surface area is 61.9 Å². The van der Waals surface area contributed by atoms with Gasteiger partial charge in [0.2, 0.25) is 0 Å². The summed E-state index contributed by atoms with van der Waals surface area (Å²) >= 11 is 6.68. The maximum absolute atomic E-state index is 3.43. The molecule has 0 aliphatic heterocycles. The van der Waals surface area contributed by atoms with Crippen LogP contribution in [0.3, 0.4) is 0 Å². The predicted molar refractivity (Wildman–Crippen MR) is 40.9 cm³/mol. The molecule has 0 saturated carbocycles. The number of halogens is 2. The molecule has 0 spiro atoms. The van der Waals surface area contributed by atoms with Gasteiger partial charge in [-0.1, -0.05) is 45.2 Å². The molecule has 0 aliphatic carbocycles. The molecular formula is C5H9Br2. The summed E-state index contributed by atoms with van der Waals surface area (Å²) in [6.45, 7) is 2.17. The molecule has 0 aromatic rings. The smallest absolute Gasteiger partial charge is 0.0407 e. The van der Waals surface area contributed by atoms with E-state index in [-0.39, 0.29) is 0 Å². The van der Waals surface area contributed by atoms with Crippen molar-refractivity contribution in [3.63, 3.8) is 0 Å². The van der Waals surface area contributed by atoms with Gasteiger partial charge in [-0.3, -0.25) is 0 Å². The van der Waals surface area contributed by atoms with Crippen LogP contribution in [0.1, 0.15) is 19.8 Å². The highest BCUT2D eigenvalue weighted by Crippen LogP contribution is 2.13. The van der Waals surface area contributed by atoms with E-state index in [2.05, 4.69) is 38.8 Å². The molecule has 1 radical (unpaired) electrons. The molecule has 1 atom stereocenters. The van der Waals surface area contributed by atoms with E-state index in [9.17, 15) is 0 Å². The molecule has 0 bridgehead atoms. The number of alkyl halides is 1. The first-order valence-corrected chi connectivity index (χ1v) is 4.22. The molecular weight excluding hydrogens is 220 g/mol. The molecule has 0 nitrogen and oxygen atoms in total. The summed E-state index contributed by atoms with van der Waals surface area (Å²) in [7, 11) is 0. The fourth-order valence-corrected chi connectivity index (χ4v) is 1.06. The standard InChI is InChI=1S/C5H9Br2/c1-2-3-5(7)4-6/h4-5H,2-3H2,1H3. The average Bonchev–Trinajstić information content (AvgIpc) is 1.68. The van der Waals surface area contributed by atoms with Gasteiger partial charge in [-0.05, 0) is 6.42 Å². The molecule has 0 aromatic heterocycles. The summed E-state index contributed by atoms with van der Waals surface area (Å²) in [5.74, 6) is 0. The molecule has 0 heterocycles. The van der Waals surface area contributed by atoms with Crippen molar-refractivity contribution in [3.8, 4) is 0 Å². The first-order chi connectivity index (χ1) is 3.31. The molecule has 2 heteroatoms. The molecule has 0 rings (SSSR count). The predicted octanol–water partition coefficient (Wildman–Crippen LogP) is 3.11. The summed E-state index contributed by atoms with van der Waals surface area (Å²) in [6.07, 6.45) is 2.45. The van der Waals surface area contributed by atoms with Gasteiger partial charge < -0.3 is 0 Å². The van der Waals surface area contributed by atoms with Gasteiger partial charge >= 0.3 is 0 Å². The Morgan fingerprint density at radius 1 is 1.71 bits per heavy atom. The van der Waals surface area contributed by atoms with Gasteiger partial charge in [-0.2, -0.15) is 0 Å². The van der Waals surface area contributed by atoms with Crippen LogP contribution in [0.2, 0.25) is 0 Å². The average molecular weight is 229 g/mol. The van der Waals surface area contributed by atoms with Gasteiger partial charge in [0.05, 0.1) is 0 Å². The maximum atomic E-state index is 3.43. The van der Waals surface area contributed by atoms with Crippen LogP contribution in [0.25, 0.3) is 0 Å². The normalized spacial score (nSPS) is 14.1. The zero-order valence-electron chi connectivity index (χ0n) is 4.32. The Balaban J connectivity index is 2.83. The Bertz CT molecular complexity index is 37.1. The maximum Gasteiger partial charge on any atom is 0.0407 e. The van der Waals surface area contributed by atoms with Crippen molar-refractivity contribution in [2.75, 3.05) is 0 Å². The lowest BCUT2D eigenvalue weighted by Gasteiger charge is -1.98. The van der Waals surface area contributed by atoms with Crippen molar-refractivity contribution in [1.29, 1.82) is 0 Å². The summed E-state index contributed by atoms with van der Waals surface area (Å²) in [4.78, 5) is 0.553. The van der Waals surface area contributed by atoms with Crippen molar-refractivity contribution < 1.29 is 0 Å². The first kappa shape index (κ1) is 7.96. The number of hydrogen-bond donors (Lipinski definition) is 0. The van der Waals surface area contributed by atoms with Crippen LogP contribution in [0.5, 0.6) is 0 Å². The third-order valence-electron chi connectivity index (χ3n) is 0.701. The third-order valence-corrected chi connectivity index (χ3v) is 2.77. The van der Waals surface area contributed by atoms with Gasteiger partial charge in [0.15, 0.2) is 0 Å². The van der Waals surface area contributed by atoms with E-state index < -0.39 is 0 Å². The quantitative estimate of drug-likeness (QED) is 0.652. The second-order valence-corrected chi connectivity index (χ2v) is 3.14. The van der Waals surface area contributed by atoms with E-state index in [1.165, 1.54) is 12.8 Å². The minimum atomic E-state index is 0.553. The molecule has 1 unspecified atom stereocenters. The second-order valence-electron chi connectivity index (χ2n) is 1.43. The van der Waals surface area contributed by atoms with E-state index in [4.69, 9.17) is 0 Å². The minimum absolute atomic E-state index is 0.553. The molecule has 0 aromatic carbocycles. The molecule has 0 aliphatic rings. The lowest BCUT2D eigenvalue weighted by molar-refractivity contribution is 0.830. The van der Waals surface area contributed by atoms with Gasteiger partial charge in [-0.25, -0.2) is 0 Å². The highest BCUT2D eigenvalue weighted by atomic mass is 79.9. The van der Waals surface area contributed by atoms with Crippen LogP contribution in [0, 0.1) is 5.33 Å². The van der Waals surface area contributed by atoms with Crippen LogP contribution in [-0.2, 0) is 0 Å². The summed E-state index contributed by atoms with van der Waals surface area (Å²) in [6, 6.07) is 0. The zero-order valence-corrected chi connectivity index (χ0v) is 7.50. The second kappa shape index (κ2) is 5.10. The highest BCUT2D eigenvalue weighted by Gasteiger charge is 1.96. The number of rotatable bonds is 3.